The molecular weight excluding hydrogens is 142 g/mol. The molecule has 0 saturated carbocycles. The average Bonchev–Trinajstić information content (AvgIpc) is 1.87. The van der Waals surface area contributed by atoms with E-state index in [9.17, 15) is 0 Å². The Morgan fingerprint density at radius 1 is 1.40 bits per heavy atom. The van der Waals surface area contributed by atoms with E-state index < -0.39 is 0 Å². The lowest BCUT2D eigenvalue weighted by atomic mass is 9.98. The van der Waals surface area contributed by atoms with Crippen LogP contribution >= 0.6 is 12.2 Å². The average molecular weight is 159 g/mol. The molecule has 1 nitrogen and oxygen atoms in total. The van der Waals surface area contributed by atoms with Crippen molar-refractivity contribution < 1.29 is 0 Å². The smallest absolute Gasteiger partial charge is 0.0638 e. The van der Waals surface area contributed by atoms with Gasteiger partial charge in [0.2, 0.25) is 0 Å². The summed E-state index contributed by atoms with van der Waals surface area (Å²) in [6.45, 7) is 7.80. The first-order valence-electron chi connectivity index (χ1n) is 3.73. The molecule has 0 aromatic rings. The van der Waals surface area contributed by atoms with Gasteiger partial charge in [0, 0.05) is 13.6 Å². The highest BCUT2D eigenvalue weighted by atomic mass is 32.1. The molecular formula is C8H17NS. The van der Waals surface area contributed by atoms with Gasteiger partial charge in [-0.2, -0.15) is 0 Å². The lowest BCUT2D eigenvalue weighted by molar-refractivity contribution is 0.336. The molecule has 0 aliphatic carbocycles. The van der Waals surface area contributed by atoms with Crippen molar-refractivity contribution in [2.24, 2.45) is 11.8 Å². The summed E-state index contributed by atoms with van der Waals surface area (Å²) in [5.74, 6) is 1.47. The van der Waals surface area contributed by atoms with Gasteiger partial charge in [-0.05, 0) is 11.8 Å². The van der Waals surface area contributed by atoms with E-state index in [0.717, 1.165) is 18.4 Å². The Morgan fingerprint density at radius 3 is 2.20 bits per heavy atom. The molecule has 0 saturated heterocycles. The number of hydrogen-bond donors (Lipinski definition) is 0. The molecule has 0 fully saturated rings. The van der Waals surface area contributed by atoms with E-state index in [1.165, 1.54) is 0 Å². The Morgan fingerprint density at radius 2 is 1.90 bits per heavy atom. The van der Waals surface area contributed by atoms with Crippen molar-refractivity contribution in [2.45, 2.75) is 20.8 Å². The van der Waals surface area contributed by atoms with E-state index in [1.807, 2.05) is 7.05 Å². The second-order valence-corrected chi connectivity index (χ2v) is 3.48. The number of hydrogen-bond acceptors (Lipinski definition) is 1. The third kappa shape index (κ3) is 3.83. The van der Waals surface area contributed by atoms with Gasteiger partial charge in [-0.1, -0.05) is 33.0 Å². The molecule has 0 aromatic carbocycles. The van der Waals surface area contributed by atoms with Crippen molar-refractivity contribution in [1.82, 2.24) is 4.90 Å². The molecule has 0 aliphatic rings. The Balaban J connectivity index is 3.56. The Kier molecular flexibility index (Phi) is 4.62. The second kappa shape index (κ2) is 4.67. The maximum Gasteiger partial charge on any atom is 0.0638 e. The summed E-state index contributed by atoms with van der Waals surface area (Å²) in [5, 5.41) is 0. The molecule has 0 aromatic heterocycles. The number of nitrogens with zero attached hydrogens (tertiary/aromatic N) is 1. The van der Waals surface area contributed by atoms with Crippen LogP contribution in [-0.2, 0) is 0 Å². The third-order valence-electron chi connectivity index (χ3n) is 1.89. The molecule has 0 rings (SSSR count). The normalized spacial score (nSPS) is 13.3. The minimum absolute atomic E-state index is 0.726. The summed E-state index contributed by atoms with van der Waals surface area (Å²) in [6, 6.07) is 0. The molecule has 0 radical (unpaired) electrons. The first-order valence-corrected chi connectivity index (χ1v) is 4.20. The van der Waals surface area contributed by atoms with E-state index in [1.54, 1.807) is 5.49 Å². The van der Waals surface area contributed by atoms with E-state index in [0.29, 0.717) is 0 Å². The van der Waals surface area contributed by atoms with Crippen LogP contribution in [0.1, 0.15) is 20.8 Å². The minimum Gasteiger partial charge on any atom is -0.371 e. The summed E-state index contributed by atoms with van der Waals surface area (Å²) in [7, 11) is 2.02. The molecule has 0 bridgehead atoms. The fourth-order valence-corrected chi connectivity index (χ4v) is 0.794. The Hall–Kier alpha value is -0.110. The van der Waals surface area contributed by atoms with Crippen LogP contribution in [0.4, 0.5) is 0 Å². The quantitative estimate of drug-likeness (QED) is 0.578. The van der Waals surface area contributed by atoms with Crippen LogP contribution in [-0.4, -0.2) is 24.0 Å². The Bertz CT molecular complexity index is 101. The molecule has 1 atom stereocenters. The van der Waals surface area contributed by atoms with Gasteiger partial charge < -0.3 is 4.90 Å². The molecule has 0 heterocycles. The zero-order chi connectivity index (χ0) is 8.15. The zero-order valence-corrected chi connectivity index (χ0v) is 8.11. The lowest BCUT2D eigenvalue weighted by Gasteiger charge is -2.21. The van der Waals surface area contributed by atoms with Crippen molar-refractivity contribution in [2.75, 3.05) is 13.6 Å². The number of thiocarbonyl (C=S) groups is 1. The predicted molar refractivity (Wildman–Crippen MR) is 50.3 cm³/mol. The summed E-state index contributed by atoms with van der Waals surface area (Å²) < 4.78 is 0. The summed E-state index contributed by atoms with van der Waals surface area (Å²) in [6.07, 6.45) is 0. The van der Waals surface area contributed by atoms with Crippen molar-refractivity contribution in [3.05, 3.63) is 0 Å². The van der Waals surface area contributed by atoms with Gasteiger partial charge in [0.15, 0.2) is 0 Å². The summed E-state index contributed by atoms with van der Waals surface area (Å²) >= 11 is 4.78. The lowest BCUT2D eigenvalue weighted by Crippen LogP contribution is -2.24. The molecule has 10 heavy (non-hydrogen) atoms. The maximum absolute atomic E-state index is 4.78. The van der Waals surface area contributed by atoms with Crippen LogP contribution in [0.5, 0.6) is 0 Å². The van der Waals surface area contributed by atoms with Crippen molar-refractivity contribution in [3.8, 4) is 0 Å². The molecule has 2 heteroatoms. The van der Waals surface area contributed by atoms with E-state index >= 15 is 0 Å². The molecule has 1 unspecified atom stereocenters. The van der Waals surface area contributed by atoms with Gasteiger partial charge in [0.25, 0.3) is 0 Å². The largest absolute Gasteiger partial charge is 0.371 e. The Labute approximate surface area is 69.4 Å². The molecule has 0 N–H and O–H groups in total. The van der Waals surface area contributed by atoms with E-state index in [-0.39, 0.29) is 0 Å². The van der Waals surface area contributed by atoms with Crippen molar-refractivity contribution in [1.29, 1.82) is 0 Å². The van der Waals surface area contributed by atoms with Gasteiger partial charge in [-0.15, -0.1) is 0 Å². The SMILES string of the molecule is CC(C)C(C)CN(C)C=S. The van der Waals surface area contributed by atoms with Crippen LogP contribution in [0, 0.1) is 11.8 Å². The zero-order valence-electron chi connectivity index (χ0n) is 7.29. The molecule has 0 amide bonds. The van der Waals surface area contributed by atoms with Gasteiger partial charge in [0.05, 0.1) is 5.49 Å². The monoisotopic (exact) mass is 159 g/mol. The fraction of sp³-hybridized carbons (Fsp3) is 0.875. The minimum atomic E-state index is 0.726. The highest BCUT2D eigenvalue weighted by molar-refractivity contribution is 7.78. The summed E-state index contributed by atoms with van der Waals surface area (Å²) in [4.78, 5) is 2.06. The van der Waals surface area contributed by atoms with Crippen molar-refractivity contribution >= 4 is 17.7 Å². The molecule has 60 valence electrons. The maximum atomic E-state index is 4.78. The summed E-state index contributed by atoms with van der Waals surface area (Å²) in [5.41, 5.74) is 1.71. The molecule has 0 aliphatic heterocycles. The standard InChI is InChI=1S/C8H17NS/c1-7(2)8(3)5-9(4)6-10/h6-8H,5H2,1-4H3. The second-order valence-electron chi connectivity index (χ2n) is 3.27. The van der Waals surface area contributed by atoms with Crippen molar-refractivity contribution in [3.63, 3.8) is 0 Å². The van der Waals surface area contributed by atoms with Crippen LogP contribution in [0.15, 0.2) is 0 Å². The van der Waals surface area contributed by atoms with Crippen LogP contribution in [0.25, 0.3) is 0 Å². The molecule has 0 spiro atoms. The van der Waals surface area contributed by atoms with Crippen LogP contribution < -0.4 is 0 Å². The highest BCUT2D eigenvalue weighted by Gasteiger charge is 2.07. The third-order valence-corrected chi connectivity index (χ3v) is 2.25. The first-order chi connectivity index (χ1) is 4.57. The predicted octanol–water partition coefficient (Wildman–Crippen LogP) is 2.17. The van der Waals surface area contributed by atoms with Gasteiger partial charge in [-0.3, -0.25) is 0 Å². The van der Waals surface area contributed by atoms with E-state index in [4.69, 9.17) is 12.2 Å². The highest BCUT2D eigenvalue weighted by Crippen LogP contribution is 2.09. The van der Waals surface area contributed by atoms with Gasteiger partial charge >= 0.3 is 0 Å². The van der Waals surface area contributed by atoms with Crippen LogP contribution in [0.3, 0.4) is 0 Å². The topological polar surface area (TPSA) is 3.24 Å². The van der Waals surface area contributed by atoms with E-state index in [2.05, 4.69) is 25.7 Å². The first kappa shape index (κ1) is 9.89. The van der Waals surface area contributed by atoms with Crippen LogP contribution in [0.2, 0.25) is 0 Å². The number of rotatable bonds is 4. The fourth-order valence-electron chi connectivity index (χ4n) is 0.708. The van der Waals surface area contributed by atoms with Gasteiger partial charge in [-0.25, -0.2) is 0 Å². The van der Waals surface area contributed by atoms with Gasteiger partial charge in [0.1, 0.15) is 0 Å².